The van der Waals surface area contributed by atoms with Crippen LogP contribution in [0.1, 0.15) is 55.4 Å². The average molecular weight is 426 g/mol. The van der Waals surface area contributed by atoms with Crippen molar-refractivity contribution in [2.45, 2.75) is 53.8 Å². The Balaban J connectivity index is 1.79. The van der Waals surface area contributed by atoms with E-state index in [0.29, 0.717) is 0 Å². The van der Waals surface area contributed by atoms with Crippen molar-refractivity contribution in [2.24, 2.45) is 12.5 Å². The van der Waals surface area contributed by atoms with Crippen molar-refractivity contribution >= 4 is 10.8 Å². The Kier molecular flexibility index (Phi) is 3.75. The SMILES string of the molecule is [2H]C([2H])([2H])c1c[n+](C)c(-c2c(C)ccc3c2CCc2cc4ccccc4cc2-3)cc1C([2H])([2H])C(C)(C)C. The molecule has 0 atom stereocenters. The number of hydrogen-bond acceptors (Lipinski definition) is 0. The van der Waals surface area contributed by atoms with Gasteiger partial charge in [0.2, 0.25) is 5.69 Å². The van der Waals surface area contributed by atoms with Crippen molar-refractivity contribution < 1.29 is 11.4 Å². The van der Waals surface area contributed by atoms with Crippen LogP contribution in [0.15, 0.2) is 60.8 Å². The molecule has 0 saturated carbocycles. The Morgan fingerprint density at radius 2 is 1.69 bits per heavy atom. The predicted octanol–water partition coefficient (Wildman–Crippen LogP) is 7.30. The van der Waals surface area contributed by atoms with E-state index in [4.69, 9.17) is 6.85 Å². The van der Waals surface area contributed by atoms with Gasteiger partial charge in [-0.05, 0) is 88.6 Å². The fourth-order valence-corrected chi connectivity index (χ4v) is 5.04. The lowest BCUT2D eigenvalue weighted by molar-refractivity contribution is -0.660. The van der Waals surface area contributed by atoms with Gasteiger partial charge in [-0.3, -0.25) is 0 Å². The molecule has 0 unspecified atom stereocenters. The molecular weight excluding hydrogens is 386 g/mol. The Morgan fingerprint density at radius 3 is 2.41 bits per heavy atom. The van der Waals surface area contributed by atoms with Crippen LogP contribution >= 0.6 is 0 Å². The second kappa shape index (κ2) is 7.59. The van der Waals surface area contributed by atoms with Crippen molar-refractivity contribution in [2.75, 3.05) is 0 Å². The van der Waals surface area contributed by atoms with E-state index in [1.807, 2.05) is 32.4 Å². The monoisotopic (exact) mass is 425 g/mol. The summed E-state index contributed by atoms with van der Waals surface area (Å²) in [4.78, 5) is 0. The maximum atomic E-state index is 8.99. The van der Waals surface area contributed by atoms with Crippen molar-refractivity contribution in [3.63, 3.8) is 0 Å². The van der Waals surface area contributed by atoms with Crippen LogP contribution in [0.4, 0.5) is 0 Å². The molecule has 32 heavy (non-hydrogen) atoms. The molecule has 1 aliphatic rings. The molecule has 0 aliphatic heterocycles. The number of hydrogen-bond donors (Lipinski definition) is 0. The molecule has 3 aromatic carbocycles. The number of pyridine rings is 1. The van der Waals surface area contributed by atoms with Gasteiger partial charge in [0.05, 0.1) is 5.56 Å². The Bertz CT molecular complexity index is 1540. The summed E-state index contributed by atoms with van der Waals surface area (Å²) in [5, 5.41) is 2.46. The predicted molar refractivity (Wildman–Crippen MR) is 136 cm³/mol. The highest BCUT2D eigenvalue weighted by molar-refractivity contribution is 5.92. The molecule has 0 radical (unpaired) electrons. The Morgan fingerprint density at radius 1 is 0.938 bits per heavy atom. The van der Waals surface area contributed by atoms with Crippen LogP contribution in [0.25, 0.3) is 33.2 Å². The summed E-state index contributed by atoms with van der Waals surface area (Å²) in [6.07, 6.45) is 1.58. The first kappa shape index (κ1) is 15.8. The van der Waals surface area contributed by atoms with Gasteiger partial charge >= 0.3 is 0 Å². The molecule has 0 saturated heterocycles. The highest BCUT2D eigenvalue weighted by atomic mass is 14.9. The molecular formula is C31H34N+. The second-order valence-electron chi connectivity index (χ2n) is 10.1. The molecule has 4 aromatic rings. The third-order valence-electron chi connectivity index (χ3n) is 6.47. The average Bonchev–Trinajstić information content (AvgIpc) is 2.81. The van der Waals surface area contributed by atoms with E-state index in [-0.39, 0.29) is 11.1 Å². The van der Waals surface area contributed by atoms with Gasteiger partial charge in [0.25, 0.3) is 0 Å². The van der Waals surface area contributed by atoms with Crippen molar-refractivity contribution in [1.29, 1.82) is 0 Å². The molecule has 0 fully saturated rings. The lowest BCUT2D eigenvalue weighted by atomic mass is 9.79. The zero-order valence-electron chi connectivity index (χ0n) is 24.6. The van der Waals surface area contributed by atoms with Gasteiger partial charge in [-0.15, -0.1) is 0 Å². The first-order valence-corrected chi connectivity index (χ1v) is 11.4. The van der Waals surface area contributed by atoms with E-state index in [0.717, 1.165) is 29.7 Å². The van der Waals surface area contributed by atoms with Crippen molar-refractivity contribution in [3.8, 4) is 22.4 Å². The second-order valence-corrected chi connectivity index (χ2v) is 10.1. The third-order valence-corrected chi connectivity index (χ3v) is 6.47. The van der Waals surface area contributed by atoms with Crippen LogP contribution in [0.5, 0.6) is 0 Å². The van der Waals surface area contributed by atoms with E-state index >= 15 is 0 Å². The molecule has 1 aliphatic carbocycles. The molecule has 162 valence electrons. The number of rotatable bonds is 2. The Labute approximate surface area is 199 Å². The minimum absolute atomic E-state index is 0.0675. The summed E-state index contributed by atoms with van der Waals surface area (Å²) >= 11 is 0. The topological polar surface area (TPSA) is 3.88 Å². The van der Waals surface area contributed by atoms with Crippen LogP contribution in [-0.4, -0.2) is 0 Å². The van der Waals surface area contributed by atoms with Crippen LogP contribution < -0.4 is 4.57 Å². The van der Waals surface area contributed by atoms with Gasteiger partial charge in [-0.2, -0.15) is 0 Å². The lowest BCUT2D eigenvalue weighted by Gasteiger charge is -2.24. The van der Waals surface area contributed by atoms with Gasteiger partial charge in [-0.25, -0.2) is 4.57 Å². The molecule has 5 rings (SSSR count). The van der Waals surface area contributed by atoms with Gasteiger partial charge in [0.15, 0.2) is 6.20 Å². The van der Waals surface area contributed by atoms with Crippen LogP contribution in [0.3, 0.4) is 0 Å². The number of fused-ring (bicyclic) bond motifs is 4. The molecule has 1 heteroatoms. The van der Waals surface area contributed by atoms with E-state index in [1.54, 1.807) is 12.3 Å². The van der Waals surface area contributed by atoms with E-state index in [2.05, 4.69) is 55.5 Å². The van der Waals surface area contributed by atoms with E-state index in [1.165, 1.54) is 33.0 Å². The number of aryl methyl sites for hydroxylation is 4. The van der Waals surface area contributed by atoms with Gasteiger partial charge in [0, 0.05) is 18.5 Å². The fourth-order valence-electron chi connectivity index (χ4n) is 5.04. The Hall–Kier alpha value is -2.93. The van der Waals surface area contributed by atoms with Crippen LogP contribution in [0, 0.1) is 19.2 Å². The number of benzene rings is 3. The van der Waals surface area contributed by atoms with Gasteiger partial charge < -0.3 is 0 Å². The summed E-state index contributed by atoms with van der Waals surface area (Å²) in [7, 11) is 1.87. The largest absolute Gasteiger partial charge is 0.213 e. The zero-order valence-corrected chi connectivity index (χ0v) is 19.6. The maximum absolute atomic E-state index is 8.99. The maximum Gasteiger partial charge on any atom is 0.213 e. The quantitative estimate of drug-likeness (QED) is 0.297. The number of nitrogens with zero attached hydrogens (tertiary/aromatic N) is 1. The molecule has 1 heterocycles. The molecule has 0 amide bonds. The van der Waals surface area contributed by atoms with Gasteiger partial charge in [0.1, 0.15) is 7.05 Å². The molecule has 0 N–H and O–H groups in total. The smallest absolute Gasteiger partial charge is 0.201 e. The number of aromatic nitrogens is 1. The van der Waals surface area contributed by atoms with Crippen molar-refractivity contribution in [1.82, 2.24) is 0 Å². The minimum Gasteiger partial charge on any atom is -0.201 e. The van der Waals surface area contributed by atoms with Crippen molar-refractivity contribution in [3.05, 3.63) is 88.6 Å². The molecule has 1 nitrogen and oxygen atoms in total. The third kappa shape index (κ3) is 3.64. The first-order chi connectivity index (χ1) is 17.2. The summed E-state index contributed by atoms with van der Waals surface area (Å²) in [6.45, 7) is 5.12. The van der Waals surface area contributed by atoms with E-state index < -0.39 is 18.6 Å². The zero-order chi connectivity index (χ0) is 26.9. The summed E-state index contributed by atoms with van der Waals surface area (Å²) in [6, 6.07) is 19.2. The van der Waals surface area contributed by atoms with Crippen LogP contribution in [-0.2, 0) is 26.3 Å². The standard InChI is InChI=1S/C31H34N/c1-20-11-13-26-27(14-12-24-15-22-9-7-8-10-23(22)16-28(24)26)30(20)29-17-25(18-31(3,4)5)21(2)19-32(29)6/h7-11,13,15-17,19H,12,14,18H2,1-6H3/q+1/i2D3,18D2. The first-order valence-electron chi connectivity index (χ1n) is 13.9. The lowest BCUT2D eigenvalue weighted by Crippen LogP contribution is -2.33. The van der Waals surface area contributed by atoms with Gasteiger partial charge in [-0.1, -0.05) is 63.2 Å². The summed E-state index contributed by atoms with van der Waals surface area (Å²) in [5.41, 5.74) is 7.57. The highest BCUT2D eigenvalue weighted by Gasteiger charge is 2.26. The summed E-state index contributed by atoms with van der Waals surface area (Å²) in [5.74, 6) is 0. The molecule has 0 spiro atoms. The minimum atomic E-state index is -2.42. The molecule has 1 aromatic heterocycles. The highest BCUT2D eigenvalue weighted by Crippen LogP contribution is 2.41. The van der Waals surface area contributed by atoms with Crippen LogP contribution in [0.2, 0.25) is 0 Å². The molecule has 0 bridgehead atoms. The normalized spacial score (nSPS) is 16.3. The van der Waals surface area contributed by atoms with E-state index in [9.17, 15) is 0 Å². The summed E-state index contributed by atoms with van der Waals surface area (Å²) < 4.78 is 44.3. The fraction of sp³-hybridized carbons (Fsp3) is 0.323.